The molecule has 0 atom stereocenters. The zero-order chi connectivity index (χ0) is 14.3. The van der Waals surface area contributed by atoms with Crippen LogP contribution in [-0.4, -0.2) is 15.0 Å². The number of hydrogen-bond donors (Lipinski definition) is 2. The van der Waals surface area contributed by atoms with Gasteiger partial charge in [0.15, 0.2) is 0 Å². The first-order valence-corrected chi connectivity index (χ1v) is 7.90. The molecule has 0 spiro atoms. The third kappa shape index (κ3) is 3.01. The van der Waals surface area contributed by atoms with Crippen LogP contribution in [-0.2, 0) is 10.0 Å². The van der Waals surface area contributed by atoms with Gasteiger partial charge in [0.1, 0.15) is 10.7 Å². The van der Waals surface area contributed by atoms with Crippen LogP contribution in [0.25, 0.3) is 0 Å². The molecule has 4 nitrogen and oxygen atoms in total. The fourth-order valence-electron chi connectivity index (χ4n) is 1.91. The standard InChI is InChI=1S/C12H16ClFN2O2S/c1-2-12(3-4-12)7-16-19(17,18)11-6-10(15)9(14)5-8(11)13/h5-6,16H,2-4,7,15H2,1H3. The number of anilines is 1. The SMILES string of the molecule is CCC1(CNS(=O)(=O)c2cc(N)c(F)cc2Cl)CC1. The molecule has 0 heterocycles. The molecule has 1 aliphatic rings. The summed E-state index contributed by atoms with van der Waals surface area (Å²) in [4.78, 5) is -0.181. The highest BCUT2D eigenvalue weighted by atomic mass is 35.5. The second-order valence-electron chi connectivity index (χ2n) is 4.98. The van der Waals surface area contributed by atoms with Gasteiger partial charge in [-0.15, -0.1) is 0 Å². The molecule has 7 heteroatoms. The van der Waals surface area contributed by atoms with Crippen molar-refractivity contribution in [1.82, 2.24) is 4.72 Å². The average Bonchev–Trinajstić information content (AvgIpc) is 3.12. The zero-order valence-electron chi connectivity index (χ0n) is 10.5. The highest BCUT2D eigenvalue weighted by Gasteiger charge is 2.41. The van der Waals surface area contributed by atoms with Gasteiger partial charge in [0.25, 0.3) is 0 Å². The molecular weight excluding hydrogens is 291 g/mol. The Balaban J connectivity index is 2.22. The third-order valence-electron chi connectivity index (χ3n) is 3.69. The minimum absolute atomic E-state index is 0.0745. The van der Waals surface area contributed by atoms with Crippen molar-refractivity contribution in [1.29, 1.82) is 0 Å². The van der Waals surface area contributed by atoms with Crippen LogP contribution in [0.2, 0.25) is 5.02 Å². The van der Waals surface area contributed by atoms with Gasteiger partial charge >= 0.3 is 0 Å². The second kappa shape index (κ2) is 4.92. The Morgan fingerprint density at radius 1 is 1.47 bits per heavy atom. The van der Waals surface area contributed by atoms with Crippen molar-refractivity contribution in [2.24, 2.45) is 5.41 Å². The predicted molar refractivity (Wildman–Crippen MR) is 73.0 cm³/mol. The fourth-order valence-corrected chi connectivity index (χ4v) is 3.61. The molecule has 1 aromatic carbocycles. The van der Waals surface area contributed by atoms with Crippen LogP contribution in [0.1, 0.15) is 26.2 Å². The minimum Gasteiger partial charge on any atom is -0.396 e. The summed E-state index contributed by atoms with van der Waals surface area (Å²) in [6.07, 6.45) is 2.96. The number of nitrogen functional groups attached to an aromatic ring is 1. The van der Waals surface area contributed by atoms with Crippen LogP contribution in [0.3, 0.4) is 0 Å². The zero-order valence-corrected chi connectivity index (χ0v) is 12.1. The number of nitrogens with one attached hydrogen (secondary N) is 1. The van der Waals surface area contributed by atoms with Crippen LogP contribution >= 0.6 is 11.6 Å². The first kappa shape index (κ1) is 14.6. The van der Waals surface area contributed by atoms with Crippen molar-refractivity contribution < 1.29 is 12.8 Å². The lowest BCUT2D eigenvalue weighted by molar-refractivity contribution is 0.475. The molecule has 2 rings (SSSR count). The second-order valence-corrected chi connectivity index (χ2v) is 7.12. The van der Waals surface area contributed by atoms with Crippen molar-refractivity contribution >= 4 is 27.3 Å². The summed E-state index contributed by atoms with van der Waals surface area (Å²) in [7, 11) is -3.76. The molecule has 1 aromatic rings. The molecule has 19 heavy (non-hydrogen) atoms. The normalized spacial score (nSPS) is 17.4. The molecular formula is C12H16ClFN2O2S. The first-order valence-electron chi connectivity index (χ1n) is 6.04. The molecule has 1 fully saturated rings. The molecule has 3 N–H and O–H groups in total. The molecule has 0 amide bonds. The van der Waals surface area contributed by atoms with Gasteiger partial charge in [-0.2, -0.15) is 0 Å². The largest absolute Gasteiger partial charge is 0.396 e. The maximum Gasteiger partial charge on any atom is 0.242 e. The van der Waals surface area contributed by atoms with E-state index in [4.69, 9.17) is 17.3 Å². The molecule has 1 aliphatic carbocycles. The van der Waals surface area contributed by atoms with Crippen molar-refractivity contribution in [2.45, 2.75) is 31.1 Å². The summed E-state index contributed by atoms with van der Waals surface area (Å²) in [5.41, 5.74) is 5.22. The summed E-state index contributed by atoms with van der Waals surface area (Å²) in [6, 6.07) is 1.96. The maximum atomic E-state index is 13.2. The lowest BCUT2D eigenvalue weighted by Crippen LogP contribution is -2.30. The summed E-state index contributed by atoms with van der Waals surface area (Å²) in [6.45, 7) is 2.41. The molecule has 1 saturated carbocycles. The molecule has 0 saturated heterocycles. The third-order valence-corrected chi connectivity index (χ3v) is 5.55. The summed E-state index contributed by atoms with van der Waals surface area (Å²) in [5, 5.41) is -0.166. The summed E-state index contributed by atoms with van der Waals surface area (Å²) in [5.74, 6) is -0.726. The van der Waals surface area contributed by atoms with E-state index >= 15 is 0 Å². The number of rotatable bonds is 5. The van der Waals surface area contributed by atoms with Crippen molar-refractivity contribution in [3.8, 4) is 0 Å². The van der Waals surface area contributed by atoms with E-state index < -0.39 is 15.8 Å². The van der Waals surface area contributed by atoms with E-state index in [9.17, 15) is 12.8 Å². The van der Waals surface area contributed by atoms with E-state index in [2.05, 4.69) is 4.72 Å². The number of nitrogens with two attached hydrogens (primary N) is 1. The average molecular weight is 307 g/mol. The molecule has 0 aromatic heterocycles. The van der Waals surface area contributed by atoms with E-state index in [1.165, 1.54) is 0 Å². The van der Waals surface area contributed by atoms with Crippen LogP contribution in [0, 0.1) is 11.2 Å². The van der Waals surface area contributed by atoms with Gasteiger partial charge in [-0.3, -0.25) is 0 Å². The van der Waals surface area contributed by atoms with Gasteiger partial charge in [-0.25, -0.2) is 17.5 Å². The van der Waals surface area contributed by atoms with Gasteiger partial charge in [-0.1, -0.05) is 18.5 Å². The Hall–Kier alpha value is -0.850. The molecule has 0 bridgehead atoms. The molecule has 0 aliphatic heterocycles. The van der Waals surface area contributed by atoms with Crippen LogP contribution in [0.5, 0.6) is 0 Å². The van der Waals surface area contributed by atoms with Crippen LogP contribution in [0.15, 0.2) is 17.0 Å². The van der Waals surface area contributed by atoms with Crippen molar-refractivity contribution in [2.75, 3.05) is 12.3 Å². The summed E-state index contributed by atoms with van der Waals surface area (Å²) < 4.78 is 40.0. The Bertz CT molecular complexity index is 600. The van der Waals surface area contributed by atoms with Gasteiger partial charge < -0.3 is 5.73 Å². The monoisotopic (exact) mass is 306 g/mol. The highest BCUT2D eigenvalue weighted by Crippen LogP contribution is 2.48. The van der Waals surface area contributed by atoms with E-state index in [0.29, 0.717) is 6.54 Å². The summed E-state index contributed by atoms with van der Waals surface area (Å²) >= 11 is 5.77. The smallest absolute Gasteiger partial charge is 0.242 e. The van der Waals surface area contributed by atoms with E-state index in [0.717, 1.165) is 31.4 Å². The molecule has 0 unspecified atom stereocenters. The van der Waals surface area contributed by atoms with Gasteiger partial charge in [-0.05, 0) is 36.8 Å². The topological polar surface area (TPSA) is 72.2 Å². The van der Waals surface area contributed by atoms with E-state index in [-0.39, 0.29) is 21.0 Å². The Labute approximate surface area is 117 Å². The van der Waals surface area contributed by atoms with Crippen molar-refractivity contribution in [3.05, 3.63) is 23.0 Å². The van der Waals surface area contributed by atoms with Crippen molar-refractivity contribution in [3.63, 3.8) is 0 Å². The first-order chi connectivity index (χ1) is 8.80. The minimum atomic E-state index is -3.76. The number of halogens is 2. The van der Waals surface area contributed by atoms with Crippen LogP contribution in [0.4, 0.5) is 10.1 Å². The predicted octanol–water partition coefficient (Wildman–Crippen LogP) is 2.53. The Kier molecular flexibility index (Phi) is 3.77. The Morgan fingerprint density at radius 3 is 2.63 bits per heavy atom. The van der Waals surface area contributed by atoms with Crippen LogP contribution < -0.4 is 10.5 Å². The highest BCUT2D eigenvalue weighted by molar-refractivity contribution is 7.89. The fraction of sp³-hybridized carbons (Fsp3) is 0.500. The molecule has 106 valence electrons. The maximum absolute atomic E-state index is 13.2. The quantitative estimate of drug-likeness (QED) is 0.821. The number of benzene rings is 1. The van der Waals surface area contributed by atoms with E-state index in [1.54, 1.807) is 0 Å². The van der Waals surface area contributed by atoms with Gasteiger partial charge in [0.2, 0.25) is 10.0 Å². The number of sulfonamides is 1. The number of hydrogen-bond acceptors (Lipinski definition) is 3. The van der Waals surface area contributed by atoms with Gasteiger partial charge in [0.05, 0.1) is 10.7 Å². The van der Waals surface area contributed by atoms with E-state index in [1.807, 2.05) is 6.92 Å². The lowest BCUT2D eigenvalue weighted by atomic mass is 10.1. The Morgan fingerprint density at radius 2 is 2.11 bits per heavy atom. The van der Waals surface area contributed by atoms with Gasteiger partial charge in [0, 0.05) is 6.54 Å². The lowest BCUT2D eigenvalue weighted by Gasteiger charge is -2.14. The molecule has 0 radical (unpaired) electrons.